The zero-order valence-corrected chi connectivity index (χ0v) is 33.4. The van der Waals surface area contributed by atoms with Crippen molar-refractivity contribution in [3.63, 3.8) is 0 Å². The van der Waals surface area contributed by atoms with E-state index < -0.39 is 0 Å². The quantitative estimate of drug-likeness (QED) is 0.174. The molecule has 0 aliphatic heterocycles. The third-order valence-corrected chi connectivity index (χ3v) is 12.5. The molecule has 0 saturated heterocycles. The molecule has 288 valence electrons. The summed E-state index contributed by atoms with van der Waals surface area (Å²) in [5.74, 6) is 1.89. The molecule has 0 aliphatic rings. The summed E-state index contributed by atoms with van der Waals surface area (Å²) in [6, 6.07) is 75.8. The number of aromatic nitrogens is 5. The number of hydrogen-bond donors (Lipinski definition) is 0. The van der Waals surface area contributed by atoms with E-state index in [1.807, 2.05) is 36.4 Å². The smallest absolute Gasteiger partial charge is 0.164 e. The lowest BCUT2D eigenvalue weighted by molar-refractivity contribution is 1.07. The van der Waals surface area contributed by atoms with Gasteiger partial charge >= 0.3 is 0 Å². The van der Waals surface area contributed by atoms with Crippen LogP contribution in [-0.4, -0.2) is 24.1 Å². The third kappa shape index (κ3) is 5.25. The van der Waals surface area contributed by atoms with Gasteiger partial charge in [-0.25, -0.2) is 15.0 Å². The molecule has 0 spiro atoms. The first-order valence-electron chi connectivity index (χ1n) is 21.0. The van der Waals surface area contributed by atoms with Crippen LogP contribution in [0.15, 0.2) is 212 Å². The van der Waals surface area contributed by atoms with Crippen LogP contribution in [0.5, 0.6) is 0 Å². The fourth-order valence-corrected chi connectivity index (χ4v) is 9.71. The molecule has 0 aliphatic carbocycles. The number of nitrogens with zero attached hydrogens (tertiary/aromatic N) is 5. The Morgan fingerprint density at radius 2 is 0.774 bits per heavy atom. The van der Waals surface area contributed by atoms with E-state index in [9.17, 15) is 0 Å². The van der Waals surface area contributed by atoms with Crippen molar-refractivity contribution in [2.24, 2.45) is 0 Å². The maximum atomic E-state index is 5.18. The van der Waals surface area contributed by atoms with Crippen LogP contribution in [0.3, 0.4) is 0 Å². The first kappa shape index (κ1) is 34.5. The molecule has 0 fully saturated rings. The summed E-state index contributed by atoms with van der Waals surface area (Å²) in [5.41, 5.74) is 9.61. The minimum atomic E-state index is 0.621. The highest BCUT2D eigenvalue weighted by atomic mass is 15.0. The van der Waals surface area contributed by atoms with Crippen molar-refractivity contribution in [3.8, 4) is 45.5 Å². The zero-order chi connectivity index (χ0) is 40.7. The Bertz CT molecular complexity index is 3860. The first-order chi connectivity index (χ1) is 30.7. The fourth-order valence-electron chi connectivity index (χ4n) is 9.71. The molecule has 62 heavy (non-hydrogen) atoms. The number of para-hydroxylation sites is 1. The van der Waals surface area contributed by atoms with Gasteiger partial charge in [-0.2, -0.15) is 0 Å². The minimum Gasteiger partial charge on any atom is -0.309 e. The Labute approximate surface area is 356 Å². The molecule has 10 aromatic carbocycles. The van der Waals surface area contributed by atoms with Crippen LogP contribution in [0, 0.1) is 0 Å². The number of fused-ring (bicyclic) bond motifs is 10. The van der Waals surface area contributed by atoms with Crippen molar-refractivity contribution in [1.82, 2.24) is 24.1 Å². The lowest BCUT2D eigenvalue weighted by Gasteiger charge is -2.15. The minimum absolute atomic E-state index is 0.621. The average molecular weight is 790 g/mol. The van der Waals surface area contributed by atoms with Gasteiger partial charge in [-0.05, 0) is 64.0 Å². The zero-order valence-electron chi connectivity index (χ0n) is 33.4. The molecular weight excluding hydrogens is 755 g/mol. The Morgan fingerprint density at radius 1 is 0.258 bits per heavy atom. The van der Waals surface area contributed by atoms with Gasteiger partial charge in [0.15, 0.2) is 17.5 Å². The van der Waals surface area contributed by atoms with Crippen molar-refractivity contribution in [3.05, 3.63) is 212 Å². The Balaban J connectivity index is 1.14. The molecule has 0 radical (unpaired) electrons. The van der Waals surface area contributed by atoms with E-state index in [1.54, 1.807) is 0 Å². The molecular formula is C57H35N5. The van der Waals surface area contributed by atoms with Crippen molar-refractivity contribution in [2.45, 2.75) is 0 Å². The third-order valence-electron chi connectivity index (χ3n) is 12.5. The fraction of sp³-hybridized carbons (Fsp3) is 0. The highest BCUT2D eigenvalue weighted by molar-refractivity contribution is 6.26. The molecule has 0 unspecified atom stereocenters. The topological polar surface area (TPSA) is 48.5 Å². The average Bonchev–Trinajstić information content (AvgIpc) is 3.85. The van der Waals surface area contributed by atoms with Crippen molar-refractivity contribution in [2.75, 3.05) is 0 Å². The number of hydrogen-bond acceptors (Lipinski definition) is 3. The van der Waals surface area contributed by atoms with E-state index in [2.05, 4.69) is 185 Å². The van der Waals surface area contributed by atoms with Crippen LogP contribution >= 0.6 is 0 Å². The summed E-state index contributed by atoms with van der Waals surface area (Å²) in [6.07, 6.45) is 0. The van der Waals surface area contributed by atoms with Crippen LogP contribution in [0.4, 0.5) is 0 Å². The highest BCUT2D eigenvalue weighted by Gasteiger charge is 2.22. The van der Waals surface area contributed by atoms with E-state index >= 15 is 0 Å². The Kier molecular flexibility index (Phi) is 7.54. The molecule has 0 atom stereocenters. The molecule has 13 aromatic rings. The predicted molar refractivity (Wildman–Crippen MR) is 257 cm³/mol. The van der Waals surface area contributed by atoms with Crippen molar-refractivity contribution >= 4 is 75.9 Å². The summed E-state index contributed by atoms with van der Waals surface area (Å²) in [7, 11) is 0. The summed E-state index contributed by atoms with van der Waals surface area (Å²) < 4.78 is 4.94. The van der Waals surface area contributed by atoms with Gasteiger partial charge in [-0.1, -0.05) is 170 Å². The van der Waals surface area contributed by atoms with Crippen LogP contribution in [0.1, 0.15) is 0 Å². The summed E-state index contributed by atoms with van der Waals surface area (Å²) >= 11 is 0. The Morgan fingerprint density at radius 3 is 1.48 bits per heavy atom. The van der Waals surface area contributed by atoms with Gasteiger partial charge in [0.05, 0.1) is 33.4 Å². The van der Waals surface area contributed by atoms with E-state index in [-0.39, 0.29) is 0 Å². The second kappa shape index (κ2) is 13.6. The first-order valence-corrected chi connectivity index (χ1v) is 21.0. The molecule has 3 aromatic heterocycles. The summed E-state index contributed by atoms with van der Waals surface area (Å²) in [6.45, 7) is 0. The molecule has 0 amide bonds. The normalized spacial score (nSPS) is 11.9. The number of benzene rings is 10. The monoisotopic (exact) mass is 789 g/mol. The van der Waals surface area contributed by atoms with Gasteiger partial charge in [0, 0.05) is 49.0 Å². The maximum Gasteiger partial charge on any atom is 0.164 e. The van der Waals surface area contributed by atoms with Crippen molar-refractivity contribution in [1.29, 1.82) is 0 Å². The maximum absolute atomic E-state index is 5.18. The van der Waals surface area contributed by atoms with E-state index in [0.717, 1.165) is 55.4 Å². The molecule has 13 rings (SSSR count). The molecule has 3 heterocycles. The van der Waals surface area contributed by atoms with Gasteiger partial charge in [0.1, 0.15) is 0 Å². The SMILES string of the molecule is c1ccc(-c2nc(-c3ccccc3)nc(-c3cc(-n4c5ccccc5c5cc6c7c8ccccc8ccc7n(-c7cccc8ccccc78)c6cc54)c4ccccc4c3)n2)cc1. The molecule has 0 bridgehead atoms. The molecule has 0 saturated carbocycles. The van der Waals surface area contributed by atoms with Crippen LogP contribution in [-0.2, 0) is 0 Å². The van der Waals surface area contributed by atoms with E-state index in [4.69, 9.17) is 15.0 Å². The van der Waals surface area contributed by atoms with Gasteiger partial charge in [0.25, 0.3) is 0 Å². The van der Waals surface area contributed by atoms with Crippen molar-refractivity contribution < 1.29 is 0 Å². The molecule has 5 nitrogen and oxygen atoms in total. The number of rotatable bonds is 5. The van der Waals surface area contributed by atoms with E-state index in [0.29, 0.717) is 17.5 Å². The second-order valence-corrected chi connectivity index (χ2v) is 16.0. The lowest BCUT2D eigenvalue weighted by atomic mass is 10.0. The van der Waals surface area contributed by atoms with Gasteiger partial charge in [0.2, 0.25) is 0 Å². The second-order valence-electron chi connectivity index (χ2n) is 16.0. The van der Waals surface area contributed by atoms with Crippen LogP contribution < -0.4 is 0 Å². The van der Waals surface area contributed by atoms with Crippen LogP contribution in [0.2, 0.25) is 0 Å². The van der Waals surface area contributed by atoms with Gasteiger partial charge in [-0.3, -0.25) is 0 Å². The lowest BCUT2D eigenvalue weighted by Crippen LogP contribution is -2.02. The van der Waals surface area contributed by atoms with E-state index in [1.165, 1.54) is 48.6 Å². The highest BCUT2D eigenvalue weighted by Crippen LogP contribution is 2.44. The standard InChI is InChI=1S/C57H35N5/c1-3-18-38(19-4-1)55-58-56(39-20-5-2-6-21-39)60-57(59-55)41-32-40-22-9-11-25-43(40)51(33-41)62-49-28-14-13-27-45(49)46-34-47-53(35-52(46)62)61(48-29-15-23-36-16-7-10-24-42(36)48)50-31-30-37-17-8-12-26-44(37)54(47)50/h1-35H. The Hall–Kier alpha value is -8.41. The van der Waals surface area contributed by atoms with Gasteiger partial charge < -0.3 is 9.13 Å². The molecule has 5 heteroatoms. The van der Waals surface area contributed by atoms with Gasteiger partial charge in [-0.15, -0.1) is 0 Å². The largest absolute Gasteiger partial charge is 0.309 e. The molecule has 0 N–H and O–H groups in total. The van der Waals surface area contributed by atoms with Crippen LogP contribution in [0.25, 0.3) is 121 Å². The summed E-state index contributed by atoms with van der Waals surface area (Å²) in [5, 5.41) is 12.0. The summed E-state index contributed by atoms with van der Waals surface area (Å²) in [4.78, 5) is 15.4. The predicted octanol–water partition coefficient (Wildman–Crippen LogP) is 14.5.